The molecule has 6 heteroatoms. The van der Waals surface area contributed by atoms with Gasteiger partial charge in [-0.2, -0.15) is 0 Å². The number of likely N-dealkylation sites (tertiary alicyclic amines) is 1. The predicted molar refractivity (Wildman–Crippen MR) is 96.8 cm³/mol. The molecule has 2 aromatic rings. The van der Waals surface area contributed by atoms with Crippen LogP contribution >= 0.6 is 0 Å². The van der Waals surface area contributed by atoms with E-state index in [4.69, 9.17) is 11.3 Å². The van der Waals surface area contributed by atoms with Gasteiger partial charge < -0.3 is 4.74 Å². The Morgan fingerprint density at radius 3 is 2.30 bits per heavy atom. The Hall–Kier alpha value is -3.46. The van der Waals surface area contributed by atoms with Crippen LogP contribution in [-0.4, -0.2) is 29.8 Å². The number of hydrogen-bond acceptors (Lipinski definition) is 4. The van der Waals surface area contributed by atoms with Crippen molar-refractivity contribution in [3.8, 4) is 0 Å². The third-order valence-corrected chi connectivity index (χ3v) is 4.82. The molecule has 2 amide bonds. The highest BCUT2D eigenvalue weighted by atomic mass is 16.5. The molecular formula is C21H18N2O4. The first kappa shape index (κ1) is 18.3. The highest BCUT2D eigenvalue weighted by molar-refractivity contribution is 6.07. The number of esters is 1. The van der Waals surface area contributed by atoms with Crippen LogP contribution in [0.25, 0.3) is 4.85 Å². The molecule has 0 saturated carbocycles. The van der Waals surface area contributed by atoms with Gasteiger partial charge in [-0.1, -0.05) is 60.7 Å². The summed E-state index contributed by atoms with van der Waals surface area (Å²) < 4.78 is 4.88. The lowest BCUT2D eigenvalue weighted by Gasteiger charge is -2.24. The van der Waals surface area contributed by atoms with Crippen molar-refractivity contribution >= 4 is 17.8 Å². The van der Waals surface area contributed by atoms with Crippen molar-refractivity contribution in [1.29, 1.82) is 0 Å². The third-order valence-electron chi connectivity index (χ3n) is 4.82. The van der Waals surface area contributed by atoms with Crippen molar-refractivity contribution < 1.29 is 19.1 Å². The lowest BCUT2D eigenvalue weighted by molar-refractivity contribution is -0.151. The van der Waals surface area contributed by atoms with E-state index >= 15 is 0 Å². The van der Waals surface area contributed by atoms with Crippen molar-refractivity contribution in [2.75, 3.05) is 7.11 Å². The Balaban J connectivity index is 2.01. The average molecular weight is 362 g/mol. The summed E-state index contributed by atoms with van der Waals surface area (Å²) in [7, 11) is 1.17. The molecule has 6 nitrogen and oxygen atoms in total. The highest BCUT2D eigenvalue weighted by Crippen LogP contribution is 2.42. The van der Waals surface area contributed by atoms with Crippen LogP contribution in [-0.2, 0) is 31.2 Å². The van der Waals surface area contributed by atoms with E-state index in [9.17, 15) is 14.4 Å². The number of ether oxygens (including phenoxy) is 1. The lowest BCUT2D eigenvalue weighted by atomic mass is 9.77. The molecule has 27 heavy (non-hydrogen) atoms. The van der Waals surface area contributed by atoms with E-state index in [1.807, 2.05) is 30.3 Å². The van der Waals surface area contributed by atoms with Gasteiger partial charge in [0.05, 0.1) is 13.7 Å². The van der Waals surface area contributed by atoms with Gasteiger partial charge in [-0.3, -0.25) is 19.3 Å². The first-order valence-electron chi connectivity index (χ1n) is 8.45. The second-order valence-electron chi connectivity index (χ2n) is 6.30. The van der Waals surface area contributed by atoms with E-state index in [1.54, 1.807) is 30.3 Å². The molecule has 1 saturated heterocycles. The molecular weight excluding hydrogens is 344 g/mol. The molecule has 1 fully saturated rings. The molecule has 0 N–H and O–H groups in total. The van der Waals surface area contributed by atoms with Gasteiger partial charge in [0.1, 0.15) is 5.92 Å². The predicted octanol–water partition coefficient (Wildman–Crippen LogP) is 2.55. The van der Waals surface area contributed by atoms with Crippen LogP contribution < -0.4 is 0 Å². The van der Waals surface area contributed by atoms with Gasteiger partial charge >= 0.3 is 11.5 Å². The van der Waals surface area contributed by atoms with E-state index in [2.05, 4.69) is 4.85 Å². The first-order valence-corrected chi connectivity index (χ1v) is 8.45. The monoisotopic (exact) mass is 362 g/mol. The minimum absolute atomic E-state index is 0.110. The largest absolute Gasteiger partial charge is 0.463 e. The zero-order valence-corrected chi connectivity index (χ0v) is 14.8. The Labute approximate surface area is 157 Å². The molecule has 0 bridgehead atoms. The quantitative estimate of drug-likeness (QED) is 0.466. The SMILES string of the molecule is [C-]#[N+][C@](C(=O)OC)(c1ccccc1)[C@H]1CC(=O)N(Cc2ccccc2)C1=O. The molecule has 2 aromatic carbocycles. The van der Waals surface area contributed by atoms with E-state index in [-0.39, 0.29) is 13.0 Å². The Kier molecular flexibility index (Phi) is 5.04. The van der Waals surface area contributed by atoms with Crippen molar-refractivity contribution in [2.45, 2.75) is 18.5 Å². The van der Waals surface area contributed by atoms with Crippen LogP contribution in [0.1, 0.15) is 17.5 Å². The molecule has 1 aliphatic heterocycles. The molecule has 136 valence electrons. The summed E-state index contributed by atoms with van der Waals surface area (Å²) in [6.45, 7) is 7.84. The summed E-state index contributed by atoms with van der Waals surface area (Å²) >= 11 is 0. The Morgan fingerprint density at radius 2 is 1.74 bits per heavy atom. The van der Waals surface area contributed by atoms with Gasteiger partial charge in [0.25, 0.3) is 0 Å². The number of nitrogens with zero attached hydrogens (tertiary/aromatic N) is 2. The Morgan fingerprint density at radius 1 is 1.15 bits per heavy atom. The zero-order valence-electron chi connectivity index (χ0n) is 14.8. The fourth-order valence-electron chi connectivity index (χ4n) is 3.44. The number of carbonyl (C=O) groups excluding carboxylic acids is 3. The van der Waals surface area contributed by atoms with E-state index < -0.39 is 29.2 Å². The van der Waals surface area contributed by atoms with Crippen LogP contribution in [0.3, 0.4) is 0 Å². The van der Waals surface area contributed by atoms with E-state index in [0.717, 1.165) is 10.5 Å². The second-order valence-corrected chi connectivity index (χ2v) is 6.30. The summed E-state index contributed by atoms with van der Waals surface area (Å²) in [6, 6.07) is 17.4. The van der Waals surface area contributed by atoms with Gasteiger partial charge in [-0.05, 0) is 5.56 Å². The number of amides is 2. The fourth-order valence-corrected chi connectivity index (χ4v) is 3.44. The maximum Gasteiger partial charge on any atom is 0.399 e. The van der Waals surface area contributed by atoms with E-state index in [1.165, 1.54) is 7.11 Å². The van der Waals surface area contributed by atoms with Gasteiger partial charge in [-0.25, -0.2) is 11.4 Å². The van der Waals surface area contributed by atoms with Gasteiger partial charge in [0, 0.05) is 12.0 Å². The second kappa shape index (κ2) is 7.42. The summed E-state index contributed by atoms with van der Waals surface area (Å²) in [4.78, 5) is 42.9. The van der Waals surface area contributed by atoms with Crippen molar-refractivity contribution in [1.82, 2.24) is 4.90 Å². The minimum Gasteiger partial charge on any atom is -0.463 e. The smallest absolute Gasteiger partial charge is 0.399 e. The summed E-state index contributed by atoms with van der Waals surface area (Å²) in [5.41, 5.74) is -0.737. The van der Waals surface area contributed by atoms with Crippen molar-refractivity contribution in [3.05, 3.63) is 83.2 Å². The number of carbonyl (C=O) groups is 3. The van der Waals surface area contributed by atoms with Crippen LogP contribution in [0.4, 0.5) is 0 Å². The standard InChI is InChI=1S/C21H18N2O4/c1-22-21(20(26)27-2,16-11-7-4-8-12-16)17-13-18(24)23(19(17)25)14-15-9-5-3-6-10-15/h3-12,17H,13-14H2,2H3/t17-,21+/m0/s1. The van der Waals surface area contributed by atoms with Crippen molar-refractivity contribution in [3.63, 3.8) is 0 Å². The summed E-state index contributed by atoms with van der Waals surface area (Å²) in [5, 5.41) is 0. The van der Waals surface area contributed by atoms with Crippen LogP contribution in [0.5, 0.6) is 0 Å². The molecule has 1 aliphatic rings. The summed E-state index contributed by atoms with van der Waals surface area (Å²) in [5.74, 6) is -2.90. The van der Waals surface area contributed by atoms with Crippen molar-refractivity contribution in [2.24, 2.45) is 5.92 Å². The number of imide groups is 1. The minimum atomic E-state index is -1.88. The molecule has 0 radical (unpaired) electrons. The molecule has 0 unspecified atom stereocenters. The number of benzene rings is 2. The first-order chi connectivity index (χ1) is 13.0. The zero-order chi connectivity index (χ0) is 19.4. The average Bonchev–Trinajstić information content (AvgIpc) is 2.99. The van der Waals surface area contributed by atoms with Crippen LogP contribution in [0.15, 0.2) is 60.7 Å². The van der Waals surface area contributed by atoms with Gasteiger partial charge in [0.15, 0.2) is 0 Å². The summed E-state index contributed by atoms with van der Waals surface area (Å²) in [6.07, 6.45) is -0.210. The molecule has 0 spiro atoms. The number of rotatable bonds is 5. The maximum atomic E-state index is 13.1. The fraction of sp³-hybridized carbons (Fsp3) is 0.238. The molecule has 0 aromatic heterocycles. The third kappa shape index (κ3) is 3.08. The Bertz CT molecular complexity index is 905. The van der Waals surface area contributed by atoms with Gasteiger partial charge in [-0.15, -0.1) is 0 Å². The van der Waals surface area contributed by atoms with E-state index in [0.29, 0.717) is 5.56 Å². The van der Waals surface area contributed by atoms with Gasteiger partial charge in [0.2, 0.25) is 11.8 Å². The topological polar surface area (TPSA) is 68.0 Å². The molecule has 1 heterocycles. The maximum absolute atomic E-state index is 13.1. The molecule has 3 rings (SSSR count). The highest BCUT2D eigenvalue weighted by Gasteiger charge is 2.63. The lowest BCUT2D eigenvalue weighted by Crippen LogP contribution is -2.45. The molecule has 2 atom stereocenters. The number of hydrogen-bond donors (Lipinski definition) is 0. The van der Waals surface area contributed by atoms with Crippen LogP contribution in [0.2, 0.25) is 0 Å². The number of methoxy groups -OCH3 is 1. The molecule has 0 aliphatic carbocycles. The normalized spacial score (nSPS) is 18.7. The van der Waals surface area contributed by atoms with Crippen LogP contribution in [0, 0.1) is 12.5 Å².